The van der Waals surface area contributed by atoms with Gasteiger partial charge in [-0.3, -0.25) is 9.59 Å². The van der Waals surface area contributed by atoms with Crippen LogP contribution >= 0.6 is 11.3 Å². The molecule has 0 aliphatic carbocycles. The quantitative estimate of drug-likeness (QED) is 0.512. The lowest BCUT2D eigenvalue weighted by atomic mass is 9.91. The smallest absolute Gasteiger partial charge is 0.257 e. The van der Waals surface area contributed by atoms with Crippen LogP contribution in [0.25, 0.3) is 10.4 Å². The lowest BCUT2D eigenvalue weighted by molar-refractivity contribution is -0.134. The van der Waals surface area contributed by atoms with Crippen molar-refractivity contribution in [2.24, 2.45) is 10.9 Å². The van der Waals surface area contributed by atoms with E-state index in [2.05, 4.69) is 15.5 Å². The molecule has 1 aromatic carbocycles. The number of β-amino-alcohol motifs (C(OH)–C–C–N with tert-alkyl or cyclic N) is 1. The second kappa shape index (κ2) is 9.50. The Morgan fingerprint density at radius 3 is 2.59 bits per heavy atom. The number of hydrogen-bond acceptors (Lipinski definition) is 8. The summed E-state index contributed by atoms with van der Waals surface area (Å²) in [5.41, 5.74) is 4.13. The summed E-state index contributed by atoms with van der Waals surface area (Å²) in [6.07, 6.45) is -0.420. The number of nitrogens with one attached hydrogen (secondary N) is 1. The average Bonchev–Trinajstić information content (AvgIpc) is 3.62. The fourth-order valence-corrected chi connectivity index (χ4v) is 6.01. The number of carbonyl (C=O) groups is 2. The Balaban J connectivity index is 1.43. The van der Waals surface area contributed by atoms with Gasteiger partial charge in [-0.25, -0.2) is 9.98 Å². The molecule has 2 aliphatic rings. The summed E-state index contributed by atoms with van der Waals surface area (Å²) < 4.78 is 5.44. The van der Waals surface area contributed by atoms with Crippen molar-refractivity contribution in [3.05, 3.63) is 58.6 Å². The molecule has 0 saturated carbocycles. The maximum absolute atomic E-state index is 13.8. The van der Waals surface area contributed by atoms with Gasteiger partial charge in [0.25, 0.3) is 5.91 Å². The minimum atomic E-state index is -1.14. The number of carbonyl (C=O) groups excluding carboxylic acids is 2. The van der Waals surface area contributed by atoms with Gasteiger partial charge in [0.1, 0.15) is 17.5 Å². The molecule has 2 aromatic heterocycles. The van der Waals surface area contributed by atoms with Crippen LogP contribution < -0.4 is 5.32 Å². The van der Waals surface area contributed by atoms with E-state index in [9.17, 15) is 14.7 Å². The molecule has 5 rings (SSSR count). The fourth-order valence-electron chi connectivity index (χ4n) is 5.20. The Kier molecular flexibility index (Phi) is 6.49. The maximum Gasteiger partial charge on any atom is 0.257 e. The Bertz CT molecular complexity index is 1360. The molecule has 3 aromatic rings. The summed E-state index contributed by atoms with van der Waals surface area (Å²) in [7, 11) is 0. The van der Waals surface area contributed by atoms with E-state index in [1.807, 2.05) is 57.5 Å². The van der Waals surface area contributed by atoms with Gasteiger partial charge in [0.2, 0.25) is 5.91 Å². The van der Waals surface area contributed by atoms with E-state index in [-0.39, 0.29) is 24.3 Å². The predicted molar refractivity (Wildman–Crippen MR) is 140 cm³/mol. The number of hydrogen-bond donors (Lipinski definition) is 2. The van der Waals surface area contributed by atoms with Crippen molar-refractivity contribution < 1.29 is 19.2 Å². The third-order valence-electron chi connectivity index (χ3n) is 7.25. The van der Waals surface area contributed by atoms with Gasteiger partial charge in [-0.2, -0.15) is 0 Å². The van der Waals surface area contributed by atoms with Crippen LogP contribution in [0.5, 0.6) is 0 Å². The topological polar surface area (TPSA) is 121 Å². The molecular formula is C27H31N5O4S. The van der Waals surface area contributed by atoms with E-state index in [0.29, 0.717) is 23.7 Å². The van der Waals surface area contributed by atoms with E-state index in [1.165, 1.54) is 0 Å². The van der Waals surface area contributed by atoms with Gasteiger partial charge < -0.3 is 19.8 Å². The second-order valence-electron chi connectivity index (χ2n) is 10.4. The highest BCUT2D eigenvalue weighted by Gasteiger charge is 2.48. The zero-order valence-electron chi connectivity index (χ0n) is 21.6. The number of aliphatic hydroxyl groups excluding tert-OH is 1. The summed E-state index contributed by atoms with van der Waals surface area (Å²) in [4.78, 5) is 38.8. The molecule has 2 aliphatic heterocycles. The van der Waals surface area contributed by atoms with Gasteiger partial charge in [0.05, 0.1) is 33.9 Å². The molecule has 37 heavy (non-hydrogen) atoms. The number of aromatic nitrogens is 2. The first-order valence-corrected chi connectivity index (χ1v) is 13.3. The van der Waals surface area contributed by atoms with E-state index in [0.717, 1.165) is 21.7 Å². The zero-order valence-corrected chi connectivity index (χ0v) is 22.4. The largest absolute Gasteiger partial charge is 0.391 e. The normalized spacial score (nSPS) is 24.5. The van der Waals surface area contributed by atoms with Crippen molar-refractivity contribution in [1.82, 2.24) is 20.4 Å². The number of aryl methyl sites for hydroxylation is 2. The summed E-state index contributed by atoms with van der Waals surface area (Å²) in [5, 5.41) is 17.4. The SMILES string of the molecule is Cc1cc([C@@H](C(=O)N2C[C@H](O)C[C@@H]2C2=NC(C)(c3ccc(-c4scnc4C)cc3)C(=O)N2)C(C)C)on1. The number of amidine groups is 1. The van der Waals surface area contributed by atoms with Crippen LogP contribution in [0.2, 0.25) is 0 Å². The minimum Gasteiger partial charge on any atom is -0.391 e. The van der Waals surface area contributed by atoms with Crippen LogP contribution in [0.4, 0.5) is 0 Å². The number of aliphatic hydroxyl groups is 1. The van der Waals surface area contributed by atoms with Gasteiger partial charge in [-0.1, -0.05) is 43.3 Å². The van der Waals surface area contributed by atoms with Crippen molar-refractivity contribution >= 4 is 29.0 Å². The van der Waals surface area contributed by atoms with Crippen molar-refractivity contribution in [1.29, 1.82) is 0 Å². The standard InChI is InChI=1S/C27H31N5O4S/c1-14(2)22(21-10-15(3)31-36-21)25(34)32-12-19(33)11-20(32)24-29-26(35)27(5,30-24)18-8-6-17(7-9-18)23-16(4)28-13-37-23/h6-10,13-14,19-20,22,33H,11-12H2,1-5H3,(H,29,30,35)/t19-,20-,22+,27?/m1/s1. The summed E-state index contributed by atoms with van der Waals surface area (Å²) >= 11 is 1.57. The van der Waals surface area contributed by atoms with Crippen molar-refractivity contribution in [2.45, 2.75) is 64.6 Å². The molecule has 0 bridgehead atoms. The van der Waals surface area contributed by atoms with Crippen LogP contribution in [0.15, 0.2) is 45.4 Å². The highest BCUT2D eigenvalue weighted by atomic mass is 32.1. The van der Waals surface area contributed by atoms with Crippen molar-refractivity contribution in [3.63, 3.8) is 0 Å². The number of thiazole rings is 1. The second-order valence-corrected chi connectivity index (χ2v) is 11.2. The van der Waals surface area contributed by atoms with Gasteiger partial charge in [-0.05, 0) is 37.8 Å². The van der Waals surface area contributed by atoms with E-state index < -0.39 is 23.6 Å². The number of likely N-dealkylation sites (tertiary alicyclic amines) is 1. The van der Waals surface area contributed by atoms with Gasteiger partial charge >= 0.3 is 0 Å². The molecule has 10 heteroatoms. The first kappa shape index (κ1) is 25.3. The van der Waals surface area contributed by atoms with Crippen LogP contribution in [0.1, 0.15) is 55.8 Å². The molecule has 0 radical (unpaired) electrons. The van der Waals surface area contributed by atoms with Crippen LogP contribution in [-0.2, 0) is 15.1 Å². The third kappa shape index (κ3) is 4.48. The molecule has 0 spiro atoms. The predicted octanol–water partition coefficient (Wildman–Crippen LogP) is 3.56. The molecular weight excluding hydrogens is 490 g/mol. The molecule has 2 amide bonds. The Labute approximate surface area is 219 Å². The highest BCUT2D eigenvalue weighted by molar-refractivity contribution is 7.13. The summed E-state index contributed by atoms with van der Waals surface area (Å²) in [6.45, 7) is 9.61. The van der Waals surface area contributed by atoms with E-state index in [1.54, 1.807) is 29.2 Å². The fraction of sp³-hybridized carbons (Fsp3) is 0.444. The van der Waals surface area contributed by atoms with E-state index in [4.69, 9.17) is 9.52 Å². The van der Waals surface area contributed by atoms with Gasteiger partial charge in [0.15, 0.2) is 5.54 Å². The molecule has 4 heterocycles. The van der Waals surface area contributed by atoms with Crippen LogP contribution in [-0.4, -0.2) is 56.5 Å². The Morgan fingerprint density at radius 2 is 2.00 bits per heavy atom. The summed E-state index contributed by atoms with van der Waals surface area (Å²) in [5.74, 6) is -0.149. The van der Waals surface area contributed by atoms with E-state index >= 15 is 0 Å². The maximum atomic E-state index is 13.8. The molecule has 2 N–H and O–H groups in total. The monoisotopic (exact) mass is 521 g/mol. The first-order chi connectivity index (χ1) is 17.6. The molecule has 1 fully saturated rings. The highest BCUT2D eigenvalue weighted by Crippen LogP contribution is 2.36. The molecule has 194 valence electrons. The van der Waals surface area contributed by atoms with Crippen molar-refractivity contribution in [2.75, 3.05) is 6.54 Å². The van der Waals surface area contributed by atoms with Crippen LogP contribution in [0.3, 0.4) is 0 Å². The van der Waals surface area contributed by atoms with Gasteiger partial charge in [0, 0.05) is 19.0 Å². The summed E-state index contributed by atoms with van der Waals surface area (Å²) in [6, 6.07) is 9.00. The van der Waals surface area contributed by atoms with Gasteiger partial charge in [-0.15, -0.1) is 11.3 Å². The van der Waals surface area contributed by atoms with Crippen LogP contribution in [0, 0.1) is 19.8 Å². The molecule has 9 nitrogen and oxygen atoms in total. The minimum absolute atomic E-state index is 0.0516. The zero-order chi connectivity index (χ0) is 26.5. The number of amides is 2. The Morgan fingerprint density at radius 1 is 1.27 bits per heavy atom. The molecule has 4 atom stereocenters. The molecule has 1 saturated heterocycles. The Hall–Kier alpha value is -3.37. The lowest BCUT2D eigenvalue weighted by Crippen LogP contribution is -2.48. The molecule has 1 unspecified atom stereocenters. The van der Waals surface area contributed by atoms with Crippen molar-refractivity contribution in [3.8, 4) is 10.4 Å². The third-order valence-corrected chi connectivity index (χ3v) is 8.22. The average molecular weight is 522 g/mol. The lowest BCUT2D eigenvalue weighted by Gasteiger charge is -2.29. The number of nitrogens with zero attached hydrogens (tertiary/aromatic N) is 4. The number of aliphatic imine (C=N–C) groups is 1. The number of benzene rings is 1. The number of rotatable bonds is 6. The first-order valence-electron chi connectivity index (χ1n) is 12.4.